The zero-order valence-corrected chi connectivity index (χ0v) is 12.8. The Morgan fingerprint density at radius 3 is 3.00 bits per heavy atom. The van der Waals surface area contributed by atoms with Crippen LogP contribution in [-0.4, -0.2) is 35.2 Å². The molecule has 0 bridgehead atoms. The molecular formula is C16H20N4O2. The third kappa shape index (κ3) is 2.25. The Kier molecular flexibility index (Phi) is 3.62. The average molecular weight is 300 g/mol. The van der Waals surface area contributed by atoms with Gasteiger partial charge >= 0.3 is 0 Å². The number of ether oxygens (including phenoxy) is 1. The molecule has 2 aromatic rings. The van der Waals surface area contributed by atoms with Gasteiger partial charge in [-0.25, -0.2) is 0 Å². The maximum atomic E-state index is 12.9. The zero-order valence-electron chi connectivity index (χ0n) is 12.8. The van der Waals surface area contributed by atoms with E-state index in [4.69, 9.17) is 10.5 Å². The van der Waals surface area contributed by atoms with Crippen LogP contribution >= 0.6 is 0 Å². The first kappa shape index (κ1) is 14.6. The second-order valence-corrected chi connectivity index (χ2v) is 5.70. The van der Waals surface area contributed by atoms with Crippen molar-refractivity contribution in [2.75, 3.05) is 14.2 Å². The molecule has 3 N–H and O–H groups in total. The molecule has 0 spiro atoms. The van der Waals surface area contributed by atoms with Crippen LogP contribution in [0.4, 0.5) is 0 Å². The first-order valence-corrected chi connectivity index (χ1v) is 7.25. The molecule has 3 rings (SSSR count). The minimum atomic E-state index is -0.987. The van der Waals surface area contributed by atoms with Crippen LogP contribution in [0.3, 0.4) is 0 Å². The largest absolute Gasteiger partial charge is 0.496 e. The van der Waals surface area contributed by atoms with Gasteiger partial charge in [-0.1, -0.05) is 12.1 Å². The maximum absolute atomic E-state index is 12.9. The van der Waals surface area contributed by atoms with Gasteiger partial charge in [-0.05, 0) is 36.1 Å². The fourth-order valence-corrected chi connectivity index (χ4v) is 3.15. The number of aromatic amines is 1. The van der Waals surface area contributed by atoms with E-state index in [1.165, 1.54) is 0 Å². The van der Waals surface area contributed by atoms with Crippen LogP contribution in [0.15, 0.2) is 30.5 Å². The van der Waals surface area contributed by atoms with E-state index in [0.29, 0.717) is 13.0 Å². The van der Waals surface area contributed by atoms with Gasteiger partial charge < -0.3 is 15.4 Å². The van der Waals surface area contributed by atoms with Crippen LogP contribution in [0, 0.1) is 0 Å². The predicted octanol–water partition coefficient (Wildman–Crippen LogP) is 1.18. The third-order valence-electron chi connectivity index (χ3n) is 4.30. The number of aromatic nitrogens is 2. The summed E-state index contributed by atoms with van der Waals surface area (Å²) in [5.41, 5.74) is 8.29. The Morgan fingerprint density at radius 2 is 2.32 bits per heavy atom. The molecule has 1 atom stereocenters. The molecule has 6 nitrogen and oxygen atoms in total. The SMILES string of the molecule is COc1cccc2c1CCC2(N)C(=O)N(C)Cc1ccn[nH]1. The fourth-order valence-electron chi connectivity index (χ4n) is 3.15. The summed E-state index contributed by atoms with van der Waals surface area (Å²) in [5.74, 6) is 0.711. The lowest BCUT2D eigenvalue weighted by Gasteiger charge is -2.29. The molecular weight excluding hydrogens is 280 g/mol. The number of hydrogen-bond acceptors (Lipinski definition) is 4. The van der Waals surface area contributed by atoms with Crippen LogP contribution in [0.2, 0.25) is 0 Å². The Bertz CT molecular complexity index is 683. The second-order valence-electron chi connectivity index (χ2n) is 5.70. The van der Waals surface area contributed by atoms with E-state index in [1.807, 2.05) is 24.3 Å². The molecule has 0 saturated heterocycles. The predicted molar refractivity (Wildman–Crippen MR) is 82.2 cm³/mol. The van der Waals surface area contributed by atoms with Crippen molar-refractivity contribution < 1.29 is 9.53 Å². The molecule has 0 aliphatic heterocycles. The Labute approximate surface area is 129 Å². The summed E-state index contributed by atoms with van der Waals surface area (Å²) in [6.45, 7) is 0.455. The van der Waals surface area contributed by atoms with Crippen LogP contribution in [0.5, 0.6) is 5.75 Å². The highest BCUT2D eigenvalue weighted by Gasteiger charge is 2.44. The number of hydrogen-bond donors (Lipinski definition) is 2. The number of H-pyrrole nitrogens is 1. The number of amides is 1. The summed E-state index contributed by atoms with van der Waals surface area (Å²) in [5, 5.41) is 6.76. The Balaban J connectivity index is 1.88. The highest BCUT2D eigenvalue weighted by atomic mass is 16.5. The number of rotatable bonds is 4. The first-order chi connectivity index (χ1) is 10.6. The molecule has 1 aliphatic carbocycles. The van der Waals surface area contributed by atoms with Crippen molar-refractivity contribution in [1.29, 1.82) is 0 Å². The van der Waals surface area contributed by atoms with Crippen molar-refractivity contribution in [2.45, 2.75) is 24.9 Å². The molecule has 0 radical (unpaired) electrons. The summed E-state index contributed by atoms with van der Waals surface area (Å²) >= 11 is 0. The molecule has 0 fully saturated rings. The van der Waals surface area contributed by atoms with Gasteiger partial charge in [0.15, 0.2) is 0 Å². The number of fused-ring (bicyclic) bond motifs is 1. The number of nitrogens with zero attached hydrogens (tertiary/aromatic N) is 2. The molecule has 1 amide bonds. The van der Waals surface area contributed by atoms with E-state index in [1.54, 1.807) is 25.3 Å². The molecule has 6 heteroatoms. The van der Waals surface area contributed by atoms with E-state index in [-0.39, 0.29) is 5.91 Å². The summed E-state index contributed by atoms with van der Waals surface area (Å²) in [6.07, 6.45) is 3.01. The Morgan fingerprint density at radius 1 is 1.50 bits per heavy atom. The number of likely N-dealkylation sites (N-methyl/N-ethyl adjacent to an activating group) is 1. The lowest BCUT2D eigenvalue weighted by molar-refractivity contribution is -0.136. The van der Waals surface area contributed by atoms with Crippen molar-refractivity contribution in [2.24, 2.45) is 5.73 Å². The highest BCUT2D eigenvalue weighted by Crippen LogP contribution is 2.40. The lowest BCUT2D eigenvalue weighted by Crippen LogP contribution is -2.50. The number of methoxy groups -OCH3 is 1. The van der Waals surface area contributed by atoms with Gasteiger partial charge in [0.2, 0.25) is 5.91 Å². The van der Waals surface area contributed by atoms with Crippen molar-refractivity contribution in [1.82, 2.24) is 15.1 Å². The van der Waals surface area contributed by atoms with Crippen LogP contribution in [0.25, 0.3) is 0 Å². The number of nitrogens with two attached hydrogens (primary N) is 1. The topological polar surface area (TPSA) is 84.2 Å². The molecule has 1 unspecified atom stereocenters. The standard InChI is InChI=1S/C16H20N4O2/c1-20(10-11-7-9-18-19-11)15(21)16(17)8-6-12-13(16)4-3-5-14(12)22-2/h3-5,7,9H,6,8,10,17H2,1-2H3,(H,18,19). The maximum Gasteiger partial charge on any atom is 0.247 e. The van der Waals surface area contributed by atoms with Crippen LogP contribution in [-0.2, 0) is 23.3 Å². The number of benzene rings is 1. The molecule has 116 valence electrons. The summed E-state index contributed by atoms with van der Waals surface area (Å²) in [6, 6.07) is 7.56. The van der Waals surface area contributed by atoms with E-state index >= 15 is 0 Å². The quantitative estimate of drug-likeness (QED) is 0.888. The van der Waals surface area contributed by atoms with Gasteiger partial charge in [-0.3, -0.25) is 9.89 Å². The van der Waals surface area contributed by atoms with E-state index in [2.05, 4.69) is 10.2 Å². The van der Waals surface area contributed by atoms with Gasteiger partial charge in [-0.2, -0.15) is 5.10 Å². The molecule has 0 saturated carbocycles. The fraction of sp³-hybridized carbons (Fsp3) is 0.375. The van der Waals surface area contributed by atoms with Crippen LogP contribution < -0.4 is 10.5 Å². The number of nitrogens with one attached hydrogen (secondary N) is 1. The molecule has 1 aromatic heterocycles. The summed E-state index contributed by atoms with van der Waals surface area (Å²) in [4.78, 5) is 14.5. The average Bonchev–Trinajstić information content (AvgIpc) is 3.15. The van der Waals surface area contributed by atoms with Gasteiger partial charge in [-0.15, -0.1) is 0 Å². The Hall–Kier alpha value is -2.34. The van der Waals surface area contributed by atoms with Gasteiger partial charge in [0.25, 0.3) is 0 Å². The second kappa shape index (κ2) is 5.46. The lowest BCUT2D eigenvalue weighted by atomic mass is 9.91. The highest BCUT2D eigenvalue weighted by molar-refractivity contribution is 5.89. The summed E-state index contributed by atoms with van der Waals surface area (Å²) in [7, 11) is 3.40. The van der Waals surface area contributed by atoms with Crippen LogP contribution in [0.1, 0.15) is 23.2 Å². The zero-order chi connectivity index (χ0) is 15.7. The van der Waals surface area contributed by atoms with E-state index < -0.39 is 5.54 Å². The molecule has 1 aromatic carbocycles. The minimum absolute atomic E-state index is 0.0888. The smallest absolute Gasteiger partial charge is 0.247 e. The normalized spacial score (nSPS) is 19.8. The van der Waals surface area contributed by atoms with Crippen molar-refractivity contribution in [3.8, 4) is 5.75 Å². The first-order valence-electron chi connectivity index (χ1n) is 7.25. The number of carbonyl (C=O) groups excluding carboxylic acids is 1. The van der Waals surface area contributed by atoms with Crippen molar-refractivity contribution in [3.05, 3.63) is 47.3 Å². The van der Waals surface area contributed by atoms with Gasteiger partial charge in [0.1, 0.15) is 11.3 Å². The van der Waals surface area contributed by atoms with E-state index in [9.17, 15) is 4.79 Å². The van der Waals surface area contributed by atoms with Gasteiger partial charge in [0.05, 0.1) is 19.3 Å². The molecule has 22 heavy (non-hydrogen) atoms. The molecule has 1 heterocycles. The van der Waals surface area contributed by atoms with Crippen molar-refractivity contribution in [3.63, 3.8) is 0 Å². The van der Waals surface area contributed by atoms with Gasteiger partial charge in [0, 0.05) is 13.2 Å². The third-order valence-corrected chi connectivity index (χ3v) is 4.30. The minimum Gasteiger partial charge on any atom is -0.496 e. The molecule has 1 aliphatic rings. The summed E-state index contributed by atoms with van der Waals surface area (Å²) < 4.78 is 5.38. The number of carbonyl (C=O) groups is 1. The van der Waals surface area contributed by atoms with E-state index in [0.717, 1.165) is 29.0 Å². The van der Waals surface area contributed by atoms with Crippen molar-refractivity contribution >= 4 is 5.91 Å². The monoisotopic (exact) mass is 300 g/mol.